The summed E-state index contributed by atoms with van der Waals surface area (Å²) in [5.74, 6) is -1.90. The van der Waals surface area contributed by atoms with Crippen molar-refractivity contribution in [1.29, 1.82) is 0 Å². The van der Waals surface area contributed by atoms with Crippen LogP contribution in [0.1, 0.15) is 17.2 Å². The Kier molecular flexibility index (Phi) is 4.80. The summed E-state index contributed by atoms with van der Waals surface area (Å²) in [5, 5.41) is 2.93. The molecule has 0 aliphatic rings. The summed E-state index contributed by atoms with van der Waals surface area (Å²) in [6.45, 7) is -2.92. The zero-order chi connectivity index (χ0) is 15.4. The van der Waals surface area contributed by atoms with E-state index in [0.29, 0.717) is 11.1 Å². The van der Waals surface area contributed by atoms with Crippen LogP contribution in [0, 0.1) is 11.6 Å². The van der Waals surface area contributed by atoms with Crippen molar-refractivity contribution in [1.82, 2.24) is 5.32 Å². The maximum absolute atomic E-state index is 13.3. The Morgan fingerprint density at radius 2 is 1.67 bits per heavy atom. The molecule has 0 aliphatic heterocycles. The average Bonchev–Trinajstić information content (AvgIpc) is 2.43. The van der Waals surface area contributed by atoms with Crippen LogP contribution in [0.5, 0.6) is 5.75 Å². The van der Waals surface area contributed by atoms with Gasteiger partial charge in [0.25, 0.3) is 0 Å². The number of hydrogen-bond acceptors (Lipinski definition) is 2. The molecule has 0 aromatic heterocycles. The van der Waals surface area contributed by atoms with E-state index in [1.807, 2.05) is 0 Å². The Bertz CT molecular complexity index is 618. The van der Waals surface area contributed by atoms with E-state index >= 15 is 0 Å². The van der Waals surface area contributed by atoms with Crippen LogP contribution in [0.25, 0.3) is 0 Å². The minimum Gasteiger partial charge on any atom is -0.435 e. The molecule has 0 heterocycles. The van der Waals surface area contributed by atoms with Gasteiger partial charge in [-0.1, -0.05) is 18.2 Å². The third-order valence-electron chi connectivity index (χ3n) is 2.98. The lowest BCUT2D eigenvalue weighted by Gasteiger charge is -2.18. The van der Waals surface area contributed by atoms with E-state index in [9.17, 15) is 17.6 Å². The fourth-order valence-corrected chi connectivity index (χ4v) is 2.09. The molecular formula is C15H13F4NO. The lowest BCUT2D eigenvalue weighted by molar-refractivity contribution is -0.0498. The molecular weight excluding hydrogens is 286 g/mol. The average molecular weight is 299 g/mol. The van der Waals surface area contributed by atoms with Gasteiger partial charge in [0.15, 0.2) is 11.6 Å². The number of benzene rings is 2. The maximum atomic E-state index is 13.3. The quantitative estimate of drug-likeness (QED) is 0.846. The van der Waals surface area contributed by atoms with Gasteiger partial charge in [-0.25, -0.2) is 8.78 Å². The highest BCUT2D eigenvalue weighted by atomic mass is 19.3. The molecule has 0 amide bonds. The lowest BCUT2D eigenvalue weighted by Crippen LogP contribution is -2.18. The van der Waals surface area contributed by atoms with Gasteiger partial charge < -0.3 is 10.1 Å². The molecule has 2 nitrogen and oxygen atoms in total. The summed E-state index contributed by atoms with van der Waals surface area (Å²) in [7, 11) is 1.63. The van der Waals surface area contributed by atoms with Crippen molar-refractivity contribution in [2.45, 2.75) is 12.7 Å². The molecule has 2 aromatic carbocycles. The second-order valence-electron chi connectivity index (χ2n) is 4.35. The minimum atomic E-state index is -2.92. The summed E-state index contributed by atoms with van der Waals surface area (Å²) < 4.78 is 55.1. The van der Waals surface area contributed by atoms with E-state index in [2.05, 4.69) is 10.1 Å². The SMILES string of the molecule is CNC(c1cccc(OC(F)F)c1)c1ccc(F)c(F)c1. The number of ether oxygens (including phenoxy) is 1. The Morgan fingerprint density at radius 3 is 2.29 bits per heavy atom. The van der Waals surface area contributed by atoms with Crippen molar-refractivity contribution in [3.63, 3.8) is 0 Å². The second-order valence-corrected chi connectivity index (χ2v) is 4.35. The molecule has 2 rings (SSSR count). The van der Waals surface area contributed by atoms with Gasteiger partial charge in [-0.2, -0.15) is 8.78 Å². The largest absolute Gasteiger partial charge is 0.435 e. The van der Waals surface area contributed by atoms with E-state index in [-0.39, 0.29) is 5.75 Å². The molecule has 1 N–H and O–H groups in total. The third kappa shape index (κ3) is 3.72. The summed E-state index contributed by atoms with van der Waals surface area (Å²) in [4.78, 5) is 0. The number of rotatable bonds is 5. The number of halogens is 4. The standard InChI is InChI=1S/C15H13F4NO/c1-20-14(10-5-6-12(16)13(17)8-10)9-3-2-4-11(7-9)21-15(18)19/h2-8,14-15,20H,1H3. The fourth-order valence-electron chi connectivity index (χ4n) is 2.09. The first-order chi connectivity index (χ1) is 10.0. The van der Waals surface area contributed by atoms with Gasteiger partial charge in [0.2, 0.25) is 0 Å². The highest BCUT2D eigenvalue weighted by Crippen LogP contribution is 2.26. The van der Waals surface area contributed by atoms with Gasteiger partial charge in [0.1, 0.15) is 5.75 Å². The number of nitrogens with one attached hydrogen (secondary N) is 1. The van der Waals surface area contributed by atoms with Crippen LogP contribution in [0.15, 0.2) is 42.5 Å². The molecule has 0 aliphatic carbocycles. The van der Waals surface area contributed by atoms with E-state index < -0.39 is 24.3 Å². The zero-order valence-corrected chi connectivity index (χ0v) is 11.1. The number of alkyl halides is 2. The molecule has 0 spiro atoms. The first-order valence-electron chi connectivity index (χ1n) is 6.18. The second kappa shape index (κ2) is 6.58. The van der Waals surface area contributed by atoms with Gasteiger partial charge in [-0.3, -0.25) is 0 Å². The smallest absolute Gasteiger partial charge is 0.387 e. The summed E-state index contributed by atoms with van der Waals surface area (Å²) >= 11 is 0. The first-order valence-corrected chi connectivity index (χ1v) is 6.18. The summed E-state index contributed by atoms with van der Waals surface area (Å²) in [5.41, 5.74) is 1.08. The first kappa shape index (κ1) is 15.3. The highest BCUT2D eigenvalue weighted by Gasteiger charge is 2.15. The molecule has 6 heteroatoms. The van der Waals surface area contributed by atoms with Crippen LogP contribution in [0.2, 0.25) is 0 Å². The van der Waals surface area contributed by atoms with Crippen molar-refractivity contribution in [2.24, 2.45) is 0 Å². The summed E-state index contributed by atoms with van der Waals surface area (Å²) in [6.07, 6.45) is 0. The Hall–Kier alpha value is -2.08. The zero-order valence-electron chi connectivity index (χ0n) is 11.1. The highest BCUT2D eigenvalue weighted by molar-refractivity contribution is 5.37. The molecule has 0 bridgehead atoms. The Balaban J connectivity index is 2.34. The predicted octanol–water partition coefficient (Wildman–Crippen LogP) is 3.88. The van der Waals surface area contributed by atoms with Gasteiger partial charge in [0, 0.05) is 0 Å². The molecule has 0 saturated carbocycles. The van der Waals surface area contributed by atoms with Crippen LogP contribution in [-0.2, 0) is 0 Å². The molecule has 0 radical (unpaired) electrons. The van der Waals surface area contributed by atoms with Crippen LogP contribution in [0.4, 0.5) is 17.6 Å². The van der Waals surface area contributed by atoms with Crippen LogP contribution >= 0.6 is 0 Å². The summed E-state index contributed by atoms with van der Waals surface area (Å²) in [6, 6.07) is 9.10. The number of hydrogen-bond donors (Lipinski definition) is 1. The topological polar surface area (TPSA) is 21.3 Å². The normalized spacial score (nSPS) is 12.5. The maximum Gasteiger partial charge on any atom is 0.387 e. The van der Waals surface area contributed by atoms with Crippen molar-refractivity contribution < 1.29 is 22.3 Å². The van der Waals surface area contributed by atoms with E-state index in [4.69, 9.17) is 0 Å². The molecule has 0 fully saturated rings. The van der Waals surface area contributed by atoms with Crippen molar-refractivity contribution in [3.05, 3.63) is 65.2 Å². The Morgan fingerprint density at radius 1 is 0.952 bits per heavy atom. The van der Waals surface area contributed by atoms with Crippen molar-refractivity contribution in [3.8, 4) is 5.75 Å². The van der Waals surface area contributed by atoms with Crippen LogP contribution in [0.3, 0.4) is 0 Å². The van der Waals surface area contributed by atoms with Crippen LogP contribution in [-0.4, -0.2) is 13.7 Å². The van der Waals surface area contributed by atoms with Crippen molar-refractivity contribution >= 4 is 0 Å². The Labute approximate surface area is 119 Å². The molecule has 1 atom stereocenters. The predicted molar refractivity (Wildman–Crippen MR) is 70.3 cm³/mol. The van der Waals surface area contributed by atoms with Gasteiger partial charge >= 0.3 is 6.61 Å². The fraction of sp³-hybridized carbons (Fsp3) is 0.200. The minimum absolute atomic E-state index is 0.00494. The molecule has 21 heavy (non-hydrogen) atoms. The molecule has 2 aromatic rings. The van der Waals surface area contributed by atoms with Gasteiger partial charge in [-0.15, -0.1) is 0 Å². The molecule has 112 valence electrons. The molecule has 0 saturated heterocycles. The monoisotopic (exact) mass is 299 g/mol. The van der Waals surface area contributed by atoms with E-state index in [1.165, 1.54) is 18.2 Å². The van der Waals surface area contributed by atoms with E-state index in [1.54, 1.807) is 19.2 Å². The van der Waals surface area contributed by atoms with Gasteiger partial charge in [0.05, 0.1) is 6.04 Å². The van der Waals surface area contributed by atoms with Gasteiger partial charge in [-0.05, 0) is 42.4 Å². The molecule has 1 unspecified atom stereocenters. The lowest BCUT2D eigenvalue weighted by atomic mass is 9.98. The van der Waals surface area contributed by atoms with Crippen LogP contribution < -0.4 is 10.1 Å². The van der Waals surface area contributed by atoms with Crippen molar-refractivity contribution in [2.75, 3.05) is 7.05 Å². The van der Waals surface area contributed by atoms with E-state index in [0.717, 1.165) is 12.1 Å². The third-order valence-corrected chi connectivity index (χ3v) is 2.98.